The molecule has 0 aliphatic heterocycles. The third kappa shape index (κ3) is 3.52. The molecule has 0 unspecified atom stereocenters. The van der Waals surface area contributed by atoms with Crippen molar-refractivity contribution in [2.24, 2.45) is 0 Å². The molecule has 2 aromatic carbocycles. The molecule has 0 heterocycles. The van der Waals surface area contributed by atoms with Gasteiger partial charge in [0.15, 0.2) is 0 Å². The Hall–Kier alpha value is -2.53. The molecule has 4 N–H and O–H groups in total. The first-order valence-electron chi connectivity index (χ1n) is 6.68. The second-order valence-corrected chi connectivity index (χ2v) is 4.46. The fourth-order valence-corrected chi connectivity index (χ4v) is 1.95. The van der Waals surface area contributed by atoms with Crippen molar-refractivity contribution in [1.29, 1.82) is 0 Å². The van der Waals surface area contributed by atoms with Crippen molar-refractivity contribution >= 4 is 17.3 Å². The summed E-state index contributed by atoms with van der Waals surface area (Å²) in [5.74, 6) is 0.135. The van der Waals surface area contributed by atoms with Crippen molar-refractivity contribution in [3.8, 4) is 5.75 Å². The molecule has 0 aliphatic carbocycles. The number of nitrogens with one attached hydrogen (secondary N) is 1. The number of nitrogen functional groups attached to an aromatic ring is 1. The first kappa shape index (κ1) is 14.9. The highest BCUT2D eigenvalue weighted by molar-refractivity contribution is 6.09. The number of anilines is 2. The van der Waals surface area contributed by atoms with Crippen LogP contribution < -0.4 is 15.8 Å². The van der Waals surface area contributed by atoms with Gasteiger partial charge in [0.2, 0.25) is 0 Å². The minimum absolute atomic E-state index is 0.0334. The maximum atomic E-state index is 12.4. The molecule has 0 fully saturated rings. The molecule has 0 aromatic heterocycles. The maximum absolute atomic E-state index is 12.4. The van der Waals surface area contributed by atoms with E-state index in [1.54, 1.807) is 42.5 Å². The van der Waals surface area contributed by atoms with Gasteiger partial charge < -0.3 is 20.9 Å². The number of nitrogens with two attached hydrogens (primary N) is 1. The van der Waals surface area contributed by atoms with Gasteiger partial charge in [0.05, 0.1) is 13.2 Å². The number of aliphatic hydroxyl groups is 1. The van der Waals surface area contributed by atoms with Gasteiger partial charge in [0, 0.05) is 11.4 Å². The van der Waals surface area contributed by atoms with Crippen LogP contribution in [-0.2, 0) is 6.61 Å². The lowest BCUT2D eigenvalue weighted by Gasteiger charge is -2.13. The van der Waals surface area contributed by atoms with Crippen LogP contribution in [0.2, 0.25) is 0 Å². The van der Waals surface area contributed by atoms with E-state index in [4.69, 9.17) is 15.6 Å². The van der Waals surface area contributed by atoms with E-state index in [0.29, 0.717) is 29.3 Å². The summed E-state index contributed by atoms with van der Waals surface area (Å²) in [6, 6.07) is 12.1. The predicted octanol–water partition coefficient (Wildman–Crippen LogP) is 2.41. The second kappa shape index (κ2) is 6.76. The van der Waals surface area contributed by atoms with Gasteiger partial charge in [-0.1, -0.05) is 18.2 Å². The lowest BCUT2D eigenvalue weighted by Crippen LogP contribution is -2.15. The van der Waals surface area contributed by atoms with E-state index in [1.165, 1.54) is 0 Å². The largest absolute Gasteiger partial charge is 0.493 e. The molecule has 1 amide bonds. The molecule has 0 atom stereocenters. The Balaban J connectivity index is 2.23. The number of carbonyl (C=O) groups is 1. The van der Waals surface area contributed by atoms with Gasteiger partial charge in [-0.2, -0.15) is 0 Å². The summed E-state index contributed by atoms with van der Waals surface area (Å²) in [6.45, 7) is 2.27. The number of benzene rings is 2. The molecule has 2 rings (SSSR count). The number of rotatable bonds is 5. The molecule has 0 saturated carbocycles. The average molecular weight is 286 g/mol. The summed E-state index contributed by atoms with van der Waals surface area (Å²) in [7, 11) is 0. The molecular formula is C16H18N2O3. The molecule has 21 heavy (non-hydrogen) atoms. The predicted molar refractivity (Wildman–Crippen MR) is 82.3 cm³/mol. The number of aliphatic hydroxyl groups excluding tert-OH is 1. The van der Waals surface area contributed by atoms with Gasteiger partial charge in [0.1, 0.15) is 11.3 Å². The van der Waals surface area contributed by atoms with E-state index < -0.39 is 0 Å². The van der Waals surface area contributed by atoms with E-state index in [-0.39, 0.29) is 12.5 Å². The summed E-state index contributed by atoms with van der Waals surface area (Å²) >= 11 is 0. The van der Waals surface area contributed by atoms with Crippen molar-refractivity contribution in [3.05, 3.63) is 53.6 Å². The van der Waals surface area contributed by atoms with Crippen molar-refractivity contribution in [3.63, 3.8) is 0 Å². The van der Waals surface area contributed by atoms with Crippen LogP contribution in [0.15, 0.2) is 42.5 Å². The molecule has 0 radical (unpaired) electrons. The molecule has 5 nitrogen and oxygen atoms in total. The highest BCUT2D eigenvalue weighted by atomic mass is 16.5. The van der Waals surface area contributed by atoms with Gasteiger partial charge in [-0.15, -0.1) is 0 Å². The summed E-state index contributed by atoms with van der Waals surface area (Å²) < 4.78 is 5.44. The second-order valence-electron chi connectivity index (χ2n) is 4.46. The number of ether oxygens (including phenoxy) is 1. The third-order valence-electron chi connectivity index (χ3n) is 2.98. The Morgan fingerprint density at radius 3 is 2.57 bits per heavy atom. The van der Waals surface area contributed by atoms with E-state index in [0.717, 1.165) is 5.56 Å². The fourth-order valence-electron chi connectivity index (χ4n) is 1.95. The fraction of sp³-hybridized carbons (Fsp3) is 0.188. The van der Waals surface area contributed by atoms with E-state index in [1.807, 2.05) is 6.92 Å². The number of hydrogen-bond donors (Lipinski definition) is 3. The van der Waals surface area contributed by atoms with Crippen molar-refractivity contribution in [2.45, 2.75) is 13.5 Å². The minimum atomic E-state index is -0.326. The number of hydrogen-bond acceptors (Lipinski definition) is 4. The van der Waals surface area contributed by atoms with Crippen molar-refractivity contribution in [1.82, 2.24) is 0 Å². The molecule has 0 saturated heterocycles. The van der Waals surface area contributed by atoms with Crippen LogP contribution in [0, 0.1) is 0 Å². The normalized spacial score (nSPS) is 10.2. The summed E-state index contributed by atoms with van der Waals surface area (Å²) in [5, 5.41) is 11.8. The van der Waals surface area contributed by atoms with Gasteiger partial charge >= 0.3 is 0 Å². The minimum Gasteiger partial charge on any atom is -0.493 e. The van der Waals surface area contributed by atoms with Gasteiger partial charge in [0.25, 0.3) is 5.91 Å². The van der Waals surface area contributed by atoms with Gasteiger partial charge in [-0.25, -0.2) is 0 Å². The van der Waals surface area contributed by atoms with Crippen LogP contribution in [-0.4, -0.2) is 17.6 Å². The molecule has 0 spiro atoms. The topological polar surface area (TPSA) is 84.6 Å². The van der Waals surface area contributed by atoms with Crippen molar-refractivity contribution in [2.75, 3.05) is 17.7 Å². The van der Waals surface area contributed by atoms with Crippen LogP contribution >= 0.6 is 0 Å². The highest BCUT2D eigenvalue weighted by Gasteiger charge is 2.16. The molecule has 5 heteroatoms. The van der Waals surface area contributed by atoms with Crippen LogP contribution in [0.4, 0.5) is 11.4 Å². The molecule has 0 aliphatic rings. The highest BCUT2D eigenvalue weighted by Crippen LogP contribution is 2.25. The maximum Gasteiger partial charge on any atom is 0.261 e. The van der Waals surface area contributed by atoms with E-state index >= 15 is 0 Å². The monoisotopic (exact) mass is 286 g/mol. The quantitative estimate of drug-likeness (QED) is 0.737. The standard InChI is InChI=1S/C16H18N2O3/c1-2-21-14-5-3-4-13(17)15(14)16(20)18-12-8-6-11(10-19)7-9-12/h3-9,19H,2,10,17H2,1H3,(H,18,20). The van der Waals surface area contributed by atoms with Crippen LogP contribution in [0.25, 0.3) is 0 Å². The summed E-state index contributed by atoms with van der Waals surface area (Å²) in [5.41, 5.74) is 7.98. The molecule has 2 aromatic rings. The zero-order valence-corrected chi connectivity index (χ0v) is 11.8. The first-order valence-corrected chi connectivity index (χ1v) is 6.68. The van der Waals surface area contributed by atoms with Crippen LogP contribution in [0.5, 0.6) is 5.75 Å². The number of carbonyl (C=O) groups excluding carboxylic acids is 1. The van der Waals surface area contributed by atoms with Crippen LogP contribution in [0.3, 0.4) is 0 Å². The Morgan fingerprint density at radius 2 is 1.95 bits per heavy atom. The van der Waals surface area contributed by atoms with Gasteiger partial charge in [-0.05, 0) is 36.8 Å². The lowest BCUT2D eigenvalue weighted by molar-refractivity contribution is 0.102. The third-order valence-corrected chi connectivity index (χ3v) is 2.98. The van der Waals surface area contributed by atoms with Crippen LogP contribution in [0.1, 0.15) is 22.8 Å². The molecule has 0 bridgehead atoms. The van der Waals surface area contributed by atoms with E-state index in [2.05, 4.69) is 5.32 Å². The Labute approximate surface area is 123 Å². The van der Waals surface area contributed by atoms with Crippen molar-refractivity contribution < 1.29 is 14.6 Å². The molecular weight excluding hydrogens is 268 g/mol. The summed E-state index contributed by atoms with van der Waals surface area (Å²) in [6.07, 6.45) is 0. The Kier molecular flexibility index (Phi) is 4.79. The average Bonchev–Trinajstić information content (AvgIpc) is 2.48. The number of amides is 1. The Bertz CT molecular complexity index is 624. The lowest BCUT2D eigenvalue weighted by atomic mass is 10.1. The zero-order valence-electron chi connectivity index (χ0n) is 11.8. The Morgan fingerprint density at radius 1 is 1.24 bits per heavy atom. The summed E-state index contributed by atoms with van der Waals surface area (Å²) in [4.78, 5) is 12.4. The molecule has 110 valence electrons. The zero-order chi connectivity index (χ0) is 15.2. The smallest absolute Gasteiger partial charge is 0.261 e. The first-order chi connectivity index (χ1) is 10.2. The SMILES string of the molecule is CCOc1cccc(N)c1C(=O)Nc1ccc(CO)cc1. The van der Waals surface area contributed by atoms with E-state index in [9.17, 15) is 4.79 Å². The van der Waals surface area contributed by atoms with Gasteiger partial charge in [-0.3, -0.25) is 4.79 Å².